The number of aryl methyl sites for hydroxylation is 1. The Morgan fingerprint density at radius 1 is 1.00 bits per heavy atom. The van der Waals surface area contributed by atoms with Crippen molar-refractivity contribution in [1.82, 2.24) is 0 Å². The maximum Gasteiger partial charge on any atom is 0.0401 e. The second kappa shape index (κ2) is 6.96. The van der Waals surface area contributed by atoms with E-state index in [1.165, 1.54) is 66.8 Å². The van der Waals surface area contributed by atoms with Crippen LogP contribution in [0.1, 0.15) is 60.9 Å². The van der Waals surface area contributed by atoms with Crippen LogP contribution in [0.4, 0.5) is 0 Å². The molecule has 0 N–H and O–H groups in total. The fourth-order valence-electron chi connectivity index (χ4n) is 3.76. The first-order valence-electron chi connectivity index (χ1n) is 8.38. The van der Waals surface area contributed by atoms with E-state index < -0.39 is 0 Å². The van der Waals surface area contributed by atoms with Crippen molar-refractivity contribution in [2.45, 2.75) is 56.7 Å². The van der Waals surface area contributed by atoms with Crippen LogP contribution in [0.15, 0.2) is 36.4 Å². The highest BCUT2D eigenvalue weighted by Crippen LogP contribution is 2.37. The lowest BCUT2D eigenvalue weighted by molar-refractivity contribution is 0.332. The van der Waals surface area contributed by atoms with Crippen molar-refractivity contribution >= 4 is 26.7 Å². The van der Waals surface area contributed by atoms with Crippen LogP contribution in [0.3, 0.4) is 0 Å². The summed E-state index contributed by atoms with van der Waals surface area (Å²) in [7, 11) is 0. The Labute approximate surface area is 137 Å². The summed E-state index contributed by atoms with van der Waals surface area (Å²) in [5, 5.41) is 2.82. The molecule has 1 unspecified atom stereocenters. The Morgan fingerprint density at radius 3 is 2.48 bits per heavy atom. The van der Waals surface area contributed by atoms with Crippen LogP contribution in [0.25, 0.3) is 10.8 Å². The molecule has 1 fully saturated rings. The standard InChI is InChI=1S/C20H25Br/c1-15-11-13-19(18-10-6-5-9-17(15)18)20(21)14-12-16-7-3-2-4-8-16/h5-6,9-11,13,16,20H,2-4,7-8,12,14H2,1H3. The van der Waals surface area contributed by atoms with Crippen LogP contribution in [0.2, 0.25) is 0 Å². The molecule has 0 heterocycles. The van der Waals surface area contributed by atoms with E-state index in [1.807, 2.05) is 0 Å². The van der Waals surface area contributed by atoms with E-state index in [1.54, 1.807) is 0 Å². The predicted molar refractivity (Wildman–Crippen MR) is 96.2 cm³/mol. The first kappa shape index (κ1) is 15.1. The van der Waals surface area contributed by atoms with Gasteiger partial charge in [-0.2, -0.15) is 0 Å². The summed E-state index contributed by atoms with van der Waals surface area (Å²) in [5.41, 5.74) is 2.84. The first-order valence-corrected chi connectivity index (χ1v) is 9.29. The van der Waals surface area contributed by atoms with Gasteiger partial charge in [-0.15, -0.1) is 0 Å². The fourth-order valence-corrected chi connectivity index (χ4v) is 4.42. The van der Waals surface area contributed by atoms with Crippen molar-refractivity contribution in [3.8, 4) is 0 Å². The summed E-state index contributed by atoms with van der Waals surface area (Å²) in [6.07, 6.45) is 9.89. The van der Waals surface area contributed by atoms with Gasteiger partial charge in [-0.3, -0.25) is 0 Å². The van der Waals surface area contributed by atoms with Crippen LogP contribution in [0.5, 0.6) is 0 Å². The summed E-state index contributed by atoms with van der Waals surface area (Å²) < 4.78 is 0. The van der Waals surface area contributed by atoms with E-state index in [0.717, 1.165) is 5.92 Å². The quantitative estimate of drug-likeness (QED) is 0.526. The minimum absolute atomic E-state index is 0.491. The zero-order valence-corrected chi connectivity index (χ0v) is 14.5. The Bertz CT molecular complexity index is 596. The third-order valence-electron chi connectivity index (χ3n) is 5.07. The third-order valence-corrected chi connectivity index (χ3v) is 6.02. The average Bonchev–Trinajstić information content (AvgIpc) is 2.54. The zero-order chi connectivity index (χ0) is 14.7. The van der Waals surface area contributed by atoms with Gasteiger partial charge in [0.2, 0.25) is 0 Å². The van der Waals surface area contributed by atoms with Gasteiger partial charge in [0, 0.05) is 4.83 Å². The van der Waals surface area contributed by atoms with Gasteiger partial charge in [0.15, 0.2) is 0 Å². The molecule has 0 aromatic heterocycles. The smallest absolute Gasteiger partial charge is 0.0401 e. The van der Waals surface area contributed by atoms with E-state index in [-0.39, 0.29) is 0 Å². The van der Waals surface area contributed by atoms with E-state index in [2.05, 4.69) is 59.3 Å². The van der Waals surface area contributed by atoms with Crippen LogP contribution in [-0.2, 0) is 0 Å². The first-order chi connectivity index (χ1) is 10.3. The fraction of sp³-hybridized carbons (Fsp3) is 0.500. The largest absolute Gasteiger partial charge is 0.0839 e. The number of rotatable bonds is 4. The summed E-state index contributed by atoms with van der Waals surface area (Å²) in [6, 6.07) is 13.4. The second-order valence-corrected chi connectivity index (χ2v) is 7.67. The molecule has 2 aromatic carbocycles. The summed E-state index contributed by atoms with van der Waals surface area (Å²) in [4.78, 5) is 0.491. The van der Waals surface area contributed by atoms with Gasteiger partial charge < -0.3 is 0 Å². The number of fused-ring (bicyclic) bond motifs is 1. The van der Waals surface area contributed by atoms with Crippen molar-refractivity contribution in [3.63, 3.8) is 0 Å². The maximum absolute atomic E-state index is 3.96. The summed E-state index contributed by atoms with van der Waals surface area (Å²) >= 11 is 3.96. The van der Waals surface area contributed by atoms with Crippen LogP contribution in [-0.4, -0.2) is 0 Å². The molecule has 1 heteroatoms. The molecule has 1 atom stereocenters. The van der Waals surface area contributed by atoms with Crippen molar-refractivity contribution in [1.29, 1.82) is 0 Å². The normalized spacial score (nSPS) is 18.0. The molecule has 1 saturated carbocycles. The molecule has 112 valence electrons. The maximum atomic E-state index is 3.96. The van der Waals surface area contributed by atoms with Gasteiger partial charge >= 0.3 is 0 Å². The molecule has 0 spiro atoms. The number of alkyl halides is 1. The molecule has 0 bridgehead atoms. The van der Waals surface area contributed by atoms with Crippen molar-refractivity contribution in [2.24, 2.45) is 5.92 Å². The van der Waals surface area contributed by atoms with Gasteiger partial charge in [0.05, 0.1) is 0 Å². The molecule has 0 nitrogen and oxygen atoms in total. The molecule has 0 aliphatic heterocycles. The molecule has 0 saturated heterocycles. The van der Waals surface area contributed by atoms with Gasteiger partial charge in [-0.1, -0.05) is 84.4 Å². The number of halogens is 1. The van der Waals surface area contributed by atoms with E-state index in [0.29, 0.717) is 4.83 Å². The minimum Gasteiger partial charge on any atom is -0.0839 e. The molecule has 2 aromatic rings. The highest BCUT2D eigenvalue weighted by Gasteiger charge is 2.17. The molecular weight excluding hydrogens is 320 g/mol. The second-order valence-electron chi connectivity index (χ2n) is 6.57. The lowest BCUT2D eigenvalue weighted by atomic mass is 9.85. The monoisotopic (exact) mass is 344 g/mol. The van der Waals surface area contributed by atoms with E-state index >= 15 is 0 Å². The Morgan fingerprint density at radius 2 is 1.71 bits per heavy atom. The summed E-state index contributed by atoms with van der Waals surface area (Å²) in [6.45, 7) is 2.21. The lowest BCUT2D eigenvalue weighted by Gasteiger charge is -2.23. The lowest BCUT2D eigenvalue weighted by Crippen LogP contribution is -2.07. The third kappa shape index (κ3) is 3.51. The molecular formula is C20H25Br. The van der Waals surface area contributed by atoms with Gasteiger partial charge in [0.25, 0.3) is 0 Å². The van der Waals surface area contributed by atoms with Crippen LogP contribution >= 0.6 is 15.9 Å². The molecule has 1 aliphatic rings. The molecule has 1 aliphatic carbocycles. The van der Waals surface area contributed by atoms with Crippen molar-refractivity contribution in [2.75, 3.05) is 0 Å². The SMILES string of the molecule is Cc1ccc(C(Br)CCC2CCCCC2)c2ccccc12. The average molecular weight is 345 g/mol. The minimum atomic E-state index is 0.491. The molecule has 3 rings (SSSR count). The number of hydrogen-bond acceptors (Lipinski definition) is 0. The van der Waals surface area contributed by atoms with E-state index in [4.69, 9.17) is 0 Å². The van der Waals surface area contributed by atoms with Gasteiger partial charge in [-0.25, -0.2) is 0 Å². The number of benzene rings is 2. The predicted octanol–water partition coefficient (Wildman–Crippen LogP) is 6.94. The highest BCUT2D eigenvalue weighted by atomic mass is 79.9. The van der Waals surface area contributed by atoms with Crippen molar-refractivity contribution < 1.29 is 0 Å². The molecule has 0 radical (unpaired) electrons. The van der Waals surface area contributed by atoms with Gasteiger partial charge in [0.1, 0.15) is 0 Å². The van der Waals surface area contributed by atoms with Gasteiger partial charge in [-0.05, 0) is 47.6 Å². The van der Waals surface area contributed by atoms with Crippen molar-refractivity contribution in [3.05, 3.63) is 47.5 Å². The summed E-state index contributed by atoms with van der Waals surface area (Å²) in [5.74, 6) is 0.968. The molecule has 21 heavy (non-hydrogen) atoms. The Kier molecular flexibility index (Phi) is 5.00. The molecule has 0 amide bonds. The van der Waals surface area contributed by atoms with Crippen LogP contribution < -0.4 is 0 Å². The highest BCUT2D eigenvalue weighted by molar-refractivity contribution is 9.09. The Hall–Kier alpha value is -0.820. The van der Waals surface area contributed by atoms with Crippen LogP contribution in [0, 0.1) is 12.8 Å². The Balaban J connectivity index is 1.75. The van der Waals surface area contributed by atoms with E-state index in [9.17, 15) is 0 Å². The topological polar surface area (TPSA) is 0 Å². The zero-order valence-electron chi connectivity index (χ0n) is 12.9. The number of hydrogen-bond donors (Lipinski definition) is 0.